The van der Waals surface area contributed by atoms with Gasteiger partial charge in [0.15, 0.2) is 11.5 Å². The molecule has 0 fully saturated rings. The van der Waals surface area contributed by atoms with Gasteiger partial charge in [-0.25, -0.2) is 9.97 Å². The van der Waals surface area contributed by atoms with Gasteiger partial charge >= 0.3 is 0 Å². The Bertz CT molecular complexity index is 1300. The number of nitrogens with two attached hydrogens (primary N) is 2. The highest BCUT2D eigenvalue weighted by Gasteiger charge is 2.13. The van der Waals surface area contributed by atoms with Crippen LogP contribution >= 0.6 is 0 Å². The molecule has 2 amide bonds. The summed E-state index contributed by atoms with van der Waals surface area (Å²) in [6.07, 6.45) is 2.80. The molecule has 4 aromatic rings. The fraction of sp³-hybridized carbons (Fsp3) is 0.0455. The van der Waals surface area contributed by atoms with Crippen LogP contribution in [0.25, 0.3) is 10.9 Å². The highest BCUT2D eigenvalue weighted by Crippen LogP contribution is 2.23. The number of fused-ring (bicyclic) bond motifs is 1. The number of nitrogens with one attached hydrogen (secondary N) is 2. The van der Waals surface area contributed by atoms with Gasteiger partial charge in [-0.2, -0.15) is 0 Å². The van der Waals surface area contributed by atoms with Gasteiger partial charge in [0.25, 0.3) is 11.8 Å². The number of nitrogen functional groups attached to an aromatic ring is 2. The van der Waals surface area contributed by atoms with Gasteiger partial charge in [0.05, 0.1) is 5.52 Å². The van der Waals surface area contributed by atoms with Gasteiger partial charge in [-0.3, -0.25) is 14.6 Å². The summed E-state index contributed by atoms with van der Waals surface area (Å²) >= 11 is 0. The largest absolute Gasteiger partial charge is 0.398 e. The van der Waals surface area contributed by atoms with Crippen molar-refractivity contribution in [2.24, 2.45) is 0 Å². The zero-order valence-corrected chi connectivity index (χ0v) is 16.6. The average molecular weight is 413 g/mol. The lowest BCUT2D eigenvalue weighted by molar-refractivity contribution is 0.101. The van der Waals surface area contributed by atoms with Crippen molar-refractivity contribution in [3.63, 3.8) is 0 Å². The Morgan fingerprint density at radius 1 is 0.839 bits per heavy atom. The molecule has 0 saturated carbocycles. The first-order valence-corrected chi connectivity index (χ1v) is 9.37. The highest BCUT2D eigenvalue weighted by atomic mass is 16.2. The molecule has 2 heterocycles. The number of benzene rings is 2. The van der Waals surface area contributed by atoms with Crippen LogP contribution in [0, 0.1) is 6.92 Å². The monoisotopic (exact) mass is 413 g/mol. The fourth-order valence-electron chi connectivity index (χ4n) is 3.09. The van der Waals surface area contributed by atoms with Gasteiger partial charge in [0.2, 0.25) is 0 Å². The van der Waals surface area contributed by atoms with Crippen molar-refractivity contribution in [3.8, 4) is 0 Å². The number of rotatable bonds is 4. The Kier molecular flexibility index (Phi) is 5.15. The van der Waals surface area contributed by atoms with E-state index in [2.05, 4.69) is 25.6 Å². The van der Waals surface area contributed by atoms with Gasteiger partial charge in [-0.05, 0) is 55.5 Å². The predicted molar refractivity (Wildman–Crippen MR) is 120 cm³/mol. The van der Waals surface area contributed by atoms with Crippen LogP contribution < -0.4 is 22.1 Å². The van der Waals surface area contributed by atoms with Crippen LogP contribution in [0.4, 0.5) is 22.9 Å². The van der Waals surface area contributed by atoms with Gasteiger partial charge in [0, 0.05) is 46.1 Å². The van der Waals surface area contributed by atoms with Crippen LogP contribution in [0.3, 0.4) is 0 Å². The summed E-state index contributed by atoms with van der Waals surface area (Å²) in [7, 11) is 0. The molecule has 0 aliphatic heterocycles. The maximum absolute atomic E-state index is 12.7. The number of amides is 2. The van der Waals surface area contributed by atoms with Crippen LogP contribution in [0.1, 0.15) is 26.5 Å². The summed E-state index contributed by atoms with van der Waals surface area (Å²) in [6, 6.07) is 13.6. The number of pyridine rings is 1. The van der Waals surface area contributed by atoms with E-state index in [1.807, 2.05) is 6.92 Å². The smallest absolute Gasteiger partial charge is 0.278 e. The lowest BCUT2D eigenvalue weighted by Crippen LogP contribution is -2.16. The number of anilines is 4. The van der Waals surface area contributed by atoms with E-state index in [4.69, 9.17) is 11.5 Å². The summed E-state index contributed by atoms with van der Waals surface area (Å²) in [6.45, 7) is 1.87. The first kappa shape index (κ1) is 19.8. The van der Waals surface area contributed by atoms with Crippen LogP contribution in [0.2, 0.25) is 0 Å². The number of hydrogen-bond acceptors (Lipinski definition) is 7. The third-order valence-corrected chi connectivity index (χ3v) is 4.57. The molecule has 0 unspecified atom stereocenters. The average Bonchev–Trinajstić information content (AvgIpc) is 2.75. The molecule has 9 heteroatoms. The van der Waals surface area contributed by atoms with E-state index in [1.165, 1.54) is 12.4 Å². The van der Waals surface area contributed by atoms with E-state index in [9.17, 15) is 9.59 Å². The van der Waals surface area contributed by atoms with Crippen molar-refractivity contribution >= 4 is 45.6 Å². The van der Waals surface area contributed by atoms with Crippen molar-refractivity contribution < 1.29 is 9.59 Å². The maximum Gasteiger partial charge on any atom is 0.278 e. The molecule has 0 spiro atoms. The molecule has 2 aromatic carbocycles. The molecule has 0 radical (unpaired) electrons. The molecule has 0 aliphatic rings. The number of carbonyl (C=O) groups excluding carboxylic acids is 2. The number of hydrogen-bond donors (Lipinski definition) is 4. The molecule has 4 rings (SSSR count). The summed E-state index contributed by atoms with van der Waals surface area (Å²) in [5.74, 6) is -0.712. The first-order valence-electron chi connectivity index (χ1n) is 9.37. The van der Waals surface area contributed by atoms with Crippen LogP contribution in [-0.2, 0) is 0 Å². The Morgan fingerprint density at radius 3 is 2.16 bits per heavy atom. The predicted octanol–water partition coefficient (Wildman–Crippen LogP) is 3.00. The van der Waals surface area contributed by atoms with E-state index in [1.54, 1.807) is 48.5 Å². The molecule has 0 atom stereocenters. The number of aryl methyl sites for hydroxylation is 1. The third-order valence-electron chi connectivity index (χ3n) is 4.57. The Hall–Kier alpha value is -4.53. The molecule has 0 aliphatic carbocycles. The zero-order chi connectivity index (χ0) is 22.0. The van der Waals surface area contributed by atoms with E-state index < -0.39 is 5.91 Å². The van der Waals surface area contributed by atoms with E-state index in [0.29, 0.717) is 22.6 Å². The number of aromatic nitrogens is 3. The van der Waals surface area contributed by atoms with Crippen molar-refractivity contribution in [3.05, 3.63) is 77.9 Å². The van der Waals surface area contributed by atoms with Crippen molar-refractivity contribution in [1.29, 1.82) is 0 Å². The van der Waals surface area contributed by atoms with Crippen LogP contribution in [-0.4, -0.2) is 26.8 Å². The first-order chi connectivity index (χ1) is 14.9. The van der Waals surface area contributed by atoms with Crippen LogP contribution in [0.15, 0.2) is 60.9 Å². The third kappa shape index (κ3) is 4.25. The molecule has 6 N–H and O–H groups in total. The van der Waals surface area contributed by atoms with Crippen molar-refractivity contribution in [1.82, 2.24) is 15.0 Å². The molecule has 154 valence electrons. The van der Waals surface area contributed by atoms with Crippen LogP contribution in [0.5, 0.6) is 0 Å². The van der Waals surface area contributed by atoms with Gasteiger partial charge in [-0.1, -0.05) is 0 Å². The second-order valence-electron chi connectivity index (χ2n) is 6.86. The highest BCUT2D eigenvalue weighted by molar-refractivity contribution is 6.08. The molecule has 9 nitrogen and oxygen atoms in total. The molecular weight excluding hydrogens is 394 g/mol. The lowest BCUT2D eigenvalue weighted by atomic mass is 10.1. The summed E-state index contributed by atoms with van der Waals surface area (Å²) < 4.78 is 0. The quantitative estimate of drug-likeness (QED) is 0.402. The number of carbonyl (C=O) groups is 2. The molecule has 2 aromatic heterocycles. The minimum Gasteiger partial charge on any atom is -0.398 e. The van der Waals surface area contributed by atoms with Crippen molar-refractivity contribution in [2.75, 3.05) is 22.1 Å². The SMILES string of the molecule is Cc1cc(N)c2cc(C(=O)Nc3ccc(NC(=O)c4nccnc4N)cc3)ccc2n1. The van der Waals surface area contributed by atoms with Gasteiger partial charge < -0.3 is 22.1 Å². The summed E-state index contributed by atoms with van der Waals surface area (Å²) in [4.78, 5) is 37.1. The second kappa shape index (κ2) is 8.07. The molecular formula is C22H19N7O2. The Balaban J connectivity index is 1.46. The van der Waals surface area contributed by atoms with Gasteiger partial charge in [-0.15, -0.1) is 0 Å². The van der Waals surface area contributed by atoms with E-state index >= 15 is 0 Å². The normalized spacial score (nSPS) is 10.6. The topological polar surface area (TPSA) is 149 Å². The fourth-order valence-corrected chi connectivity index (χ4v) is 3.09. The minimum atomic E-state index is -0.472. The minimum absolute atomic E-state index is 0.0418. The summed E-state index contributed by atoms with van der Waals surface area (Å²) in [5.41, 5.74) is 15.4. The van der Waals surface area contributed by atoms with Gasteiger partial charge in [0.1, 0.15) is 0 Å². The molecule has 31 heavy (non-hydrogen) atoms. The van der Waals surface area contributed by atoms with E-state index in [0.717, 1.165) is 16.6 Å². The molecule has 0 bridgehead atoms. The Morgan fingerprint density at radius 2 is 1.48 bits per heavy atom. The van der Waals surface area contributed by atoms with Crippen molar-refractivity contribution in [2.45, 2.75) is 6.92 Å². The molecule has 0 saturated heterocycles. The maximum atomic E-state index is 12.7. The summed E-state index contributed by atoms with van der Waals surface area (Å²) in [5, 5.41) is 6.23. The number of nitrogens with zero attached hydrogens (tertiary/aromatic N) is 3. The Labute approximate surface area is 177 Å². The lowest BCUT2D eigenvalue weighted by Gasteiger charge is -2.09. The zero-order valence-electron chi connectivity index (χ0n) is 16.6. The second-order valence-corrected chi connectivity index (χ2v) is 6.86. The van der Waals surface area contributed by atoms with E-state index in [-0.39, 0.29) is 17.4 Å². The standard InChI is InChI=1S/C22H19N7O2/c1-12-10-17(23)16-11-13(2-7-18(16)27-12)21(30)28-14-3-5-15(6-4-14)29-22(31)19-20(24)26-9-8-25-19/h2-11H,1H3,(H2,23,27)(H2,24,26)(H,28,30)(H,29,31).